The van der Waals surface area contributed by atoms with Crippen LogP contribution < -0.4 is 15.5 Å². The molecule has 2 fully saturated rings. The minimum Gasteiger partial charge on any atom is -0.355 e. The van der Waals surface area contributed by atoms with Gasteiger partial charge in [0.2, 0.25) is 11.8 Å². The van der Waals surface area contributed by atoms with E-state index in [-0.39, 0.29) is 17.7 Å². The number of piperidine rings is 1. The fraction of sp³-hybridized carbons (Fsp3) is 0.448. The Morgan fingerprint density at radius 3 is 2.38 bits per heavy atom. The third-order valence-electron chi connectivity index (χ3n) is 8.07. The summed E-state index contributed by atoms with van der Waals surface area (Å²) in [5, 5.41) is 6.53. The topological polar surface area (TPSA) is 61.4 Å². The van der Waals surface area contributed by atoms with E-state index in [9.17, 15) is 9.59 Å². The zero-order valence-corrected chi connectivity index (χ0v) is 19.9. The van der Waals surface area contributed by atoms with Crippen molar-refractivity contribution in [2.45, 2.75) is 51.5 Å². The Bertz CT molecular complexity index is 1060. The highest BCUT2D eigenvalue weighted by Crippen LogP contribution is 2.45. The largest absolute Gasteiger partial charge is 0.355 e. The van der Waals surface area contributed by atoms with Crippen molar-refractivity contribution in [3.05, 3.63) is 65.2 Å². The van der Waals surface area contributed by atoms with Crippen LogP contribution in [0.25, 0.3) is 12.2 Å². The normalized spacial score (nSPS) is 20.5. The zero-order chi connectivity index (χ0) is 23.4. The van der Waals surface area contributed by atoms with E-state index in [1.54, 1.807) is 0 Å². The van der Waals surface area contributed by atoms with Crippen LogP contribution in [-0.4, -0.2) is 31.4 Å². The molecule has 0 unspecified atom stereocenters. The van der Waals surface area contributed by atoms with E-state index in [2.05, 4.69) is 34.9 Å². The Morgan fingerprint density at radius 2 is 1.59 bits per heavy atom. The van der Waals surface area contributed by atoms with Gasteiger partial charge in [0.15, 0.2) is 0 Å². The van der Waals surface area contributed by atoms with Gasteiger partial charge < -0.3 is 15.5 Å². The molecule has 5 nitrogen and oxygen atoms in total. The van der Waals surface area contributed by atoms with Crippen molar-refractivity contribution >= 4 is 29.7 Å². The molecule has 34 heavy (non-hydrogen) atoms. The summed E-state index contributed by atoms with van der Waals surface area (Å²) in [6, 6.07) is 16.2. The number of anilines is 1. The summed E-state index contributed by atoms with van der Waals surface area (Å²) in [6.07, 6.45) is 11.2. The molecular formula is C29H35N3O2. The summed E-state index contributed by atoms with van der Waals surface area (Å²) in [7, 11) is 0. The molecule has 5 heteroatoms. The average molecular weight is 458 g/mol. The molecule has 0 atom stereocenters. The third kappa shape index (κ3) is 4.95. The van der Waals surface area contributed by atoms with Crippen LogP contribution in [-0.2, 0) is 16.1 Å². The number of hydrogen-bond acceptors (Lipinski definition) is 3. The Kier molecular flexibility index (Phi) is 6.82. The fourth-order valence-corrected chi connectivity index (χ4v) is 5.89. The first-order chi connectivity index (χ1) is 16.6. The van der Waals surface area contributed by atoms with Gasteiger partial charge in [0.25, 0.3) is 0 Å². The standard InChI is InChI=1S/C29H35N3O2/c33-27(13-18-31-28(34)24-11-14-29(15-12-24)16-19-30-20-17-29)32-21-25-7-2-1-5-22(25)9-10-23-6-3-4-8-26(23)32/h1-10,24,30H,11-21H2,(H,31,34)/b10-9-. The second kappa shape index (κ2) is 10.1. The van der Waals surface area contributed by atoms with Gasteiger partial charge in [0.1, 0.15) is 0 Å². The van der Waals surface area contributed by atoms with E-state index in [0.29, 0.717) is 24.9 Å². The van der Waals surface area contributed by atoms with E-state index < -0.39 is 0 Å². The number of para-hydroxylation sites is 1. The van der Waals surface area contributed by atoms with Gasteiger partial charge in [-0.05, 0) is 79.8 Å². The molecule has 0 aromatic heterocycles. The van der Waals surface area contributed by atoms with Crippen LogP contribution in [0.15, 0.2) is 48.5 Å². The van der Waals surface area contributed by atoms with Crippen LogP contribution in [0.3, 0.4) is 0 Å². The molecule has 2 heterocycles. The highest BCUT2D eigenvalue weighted by atomic mass is 16.2. The predicted octanol–water partition coefficient (Wildman–Crippen LogP) is 4.77. The molecule has 1 saturated carbocycles. The highest BCUT2D eigenvalue weighted by Gasteiger charge is 2.38. The Morgan fingerprint density at radius 1 is 0.912 bits per heavy atom. The molecule has 0 radical (unpaired) electrons. The van der Waals surface area contributed by atoms with Gasteiger partial charge in [-0.3, -0.25) is 9.59 Å². The molecule has 1 spiro atoms. The minimum absolute atomic E-state index is 0.0372. The van der Waals surface area contributed by atoms with Crippen molar-refractivity contribution in [2.75, 3.05) is 24.5 Å². The average Bonchev–Trinajstić information content (AvgIpc) is 2.86. The maximum absolute atomic E-state index is 13.3. The van der Waals surface area contributed by atoms with E-state index in [1.807, 2.05) is 41.3 Å². The monoisotopic (exact) mass is 457 g/mol. The van der Waals surface area contributed by atoms with Crippen LogP contribution in [0, 0.1) is 11.3 Å². The molecule has 1 aliphatic carbocycles. The Balaban J connectivity index is 1.19. The second-order valence-corrected chi connectivity index (χ2v) is 10.1. The molecule has 5 rings (SSSR count). The quantitative estimate of drug-likeness (QED) is 0.695. The lowest BCUT2D eigenvalue weighted by Crippen LogP contribution is -2.42. The van der Waals surface area contributed by atoms with E-state index in [1.165, 1.54) is 12.8 Å². The van der Waals surface area contributed by atoms with Crippen molar-refractivity contribution < 1.29 is 9.59 Å². The lowest BCUT2D eigenvalue weighted by atomic mass is 9.65. The summed E-state index contributed by atoms with van der Waals surface area (Å²) in [6.45, 7) is 3.14. The van der Waals surface area contributed by atoms with Gasteiger partial charge in [-0.15, -0.1) is 0 Å². The van der Waals surface area contributed by atoms with Gasteiger partial charge in [0, 0.05) is 18.9 Å². The number of carbonyl (C=O) groups is 2. The van der Waals surface area contributed by atoms with Crippen LogP contribution in [0.2, 0.25) is 0 Å². The summed E-state index contributed by atoms with van der Waals surface area (Å²) in [4.78, 5) is 28.0. The number of nitrogens with zero attached hydrogens (tertiary/aromatic N) is 1. The smallest absolute Gasteiger partial charge is 0.229 e. The van der Waals surface area contributed by atoms with Crippen molar-refractivity contribution in [3.8, 4) is 0 Å². The first-order valence-corrected chi connectivity index (χ1v) is 12.8. The van der Waals surface area contributed by atoms with Gasteiger partial charge in [-0.25, -0.2) is 0 Å². The molecule has 3 aliphatic rings. The number of rotatable bonds is 4. The Labute approximate surface area is 202 Å². The lowest BCUT2D eigenvalue weighted by Gasteiger charge is -2.42. The molecule has 1 saturated heterocycles. The summed E-state index contributed by atoms with van der Waals surface area (Å²) >= 11 is 0. The summed E-state index contributed by atoms with van der Waals surface area (Å²) in [5.74, 6) is 0.253. The maximum Gasteiger partial charge on any atom is 0.229 e. The van der Waals surface area contributed by atoms with Crippen molar-refractivity contribution in [2.24, 2.45) is 11.3 Å². The molecular weight excluding hydrogens is 422 g/mol. The molecule has 2 aromatic rings. The molecule has 0 bridgehead atoms. The summed E-state index contributed by atoms with van der Waals surface area (Å²) in [5.41, 5.74) is 4.67. The van der Waals surface area contributed by atoms with Crippen molar-refractivity contribution in [3.63, 3.8) is 0 Å². The SMILES string of the molecule is O=C(NCCC(=O)N1Cc2ccccc2/C=C\c2ccccc21)C1CCC2(CCNCC2)CC1. The fourth-order valence-electron chi connectivity index (χ4n) is 5.89. The lowest BCUT2D eigenvalue weighted by molar-refractivity contribution is -0.127. The van der Waals surface area contributed by atoms with Crippen LogP contribution >= 0.6 is 0 Å². The molecule has 178 valence electrons. The molecule has 2 N–H and O–H groups in total. The van der Waals surface area contributed by atoms with Gasteiger partial charge in [0.05, 0.1) is 12.2 Å². The van der Waals surface area contributed by atoms with Crippen LogP contribution in [0.1, 0.15) is 61.6 Å². The number of amides is 2. The first kappa shape index (κ1) is 22.9. The number of benzene rings is 2. The van der Waals surface area contributed by atoms with E-state index in [0.717, 1.165) is 61.2 Å². The van der Waals surface area contributed by atoms with E-state index >= 15 is 0 Å². The molecule has 2 amide bonds. The Hall–Kier alpha value is -2.92. The number of fused-ring (bicyclic) bond motifs is 2. The highest BCUT2D eigenvalue weighted by molar-refractivity contribution is 5.97. The maximum atomic E-state index is 13.3. The molecule has 2 aliphatic heterocycles. The van der Waals surface area contributed by atoms with E-state index in [4.69, 9.17) is 0 Å². The van der Waals surface area contributed by atoms with Gasteiger partial charge >= 0.3 is 0 Å². The zero-order valence-electron chi connectivity index (χ0n) is 19.9. The second-order valence-electron chi connectivity index (χ2n) is 10.1. The first-order valence-electron chi connectivity index (χ1n) is 12.8. The van der Waals surface area contributed by atoms with Crippen molar-refractivity contribution in [1.82, 2.24) is 10.6 Å². The van der Waals surface area contributed by atoms with Crippen LogP contribution in [0.5, 0.6) is 0 Å². The van der Waals surface area contributed by atoms with Gasteiger partial charge in [-0.1, -0.05) is 54.6 Å². The predicted molar refractivity (Wildman–Crippen MR) is 137 cm³/mol. The number of hydrogen-bond donors (Lipinski definition) is 2. The third-order valence-corrected chi connectivity index (χ3v) is 8.07. The summed E-state index contributed by atoms with van der Waals surface area (Å²) < 4.78 is 0. The molecule has 2 aromatic carbocycles. The van der Waals surface area contributed by atoms with Crippen molar-refractivity contribution in [1.29, 1.82) is 0 Å². The number of carbonyl (C=O) groups excluding carboxylic acids is 2. The minimum atomic E-state index is 0.0372. The van der Waals surface area contributed by atoms with Gasteiger partial charge in [-0.2, -0.15) is 0 Å². The van der Waals surface area contributed by atoms with Crippen LogP contribution in [0.4, 0.5) is 5.69 Å². The number of nitrogens with one attached hydrogen (secondary N) is 2.